The number of carboxylic acids is 2. The average molecular weight is 828 g/mol. The number of aliphatic carboxylic acids is 2. The van der Waals surface area contributed by atoms with Crippen LogP contribution >= 0.6 is 0 Å². The van der Waals surface area contributed by atoms with E-state index in [1.807, 2.05) is 25.7 Å². The van der Waals surface area contributed by atoms with Crippen molar-refractivity contribution in [2.45, 2.75) is 129 Å². The van der Waals surface area contributed by atoms with Crippen molar-refractivity contribution < 1.29 is 64.9 Å². The van der Waals surface area contributed by atoms with Crippen LogP contribution in [0.5, 0.6) is 0 Å². The number of piperidine rings is 1. The van der Waals surface area contributed by atoms with Gasteiger partial charge in [-0.25, -0.2) is 14.0 Å². The van der Waals surface area contributed by atoms with Crippen molar-refractivity contribution in [3.8, 4) is 0 Å². The molecule has 3 aliphatic rings. The maximum Gasteiger partial charge on any atom is 0.490 e. The summed E-state index contributed by atoms with van der Waals surface area (Å²) in [6, 6.07) is 5.08. The molecule has 6 N–H and O–H groups in total. The lowest BCUT2D eigenvalue weighted by molar-refractivity contribution is -0.193. The monoisotopic (exact) mass is 827 g/mol. The quantitative estimate of drug-likeness (QED) is 0.202. The number of carbonyl (C=O) groups excluding carboxylic acids is 3. The number of nitrogens with zero attached hydrogens (tertiary/aromatic N) is 1. The first-order valence-electron chi connectivity index (χ1n) is 18.8. The minimum Gasteiger partial charge on any atom is -0.475 e. The van der Waals surface area contributed by atoms with Crippen LogP contribution in [0, 0.1) is 22.6 Å². The second-order valence-corrected chi connectivity index (χ2v) is 16.8. The molecule has 4 rings (SSSR count). The third kappa shape index (κ3) is 15.7. The third-order valence-corrected chi connectivity index (χ3v) is 10.2. The maximum absolute atomic E-state index is 14.1. The summed E-state index contributed by atoms with van der Waals surface area (Å²) in [7, 11) is 0. The second kappa shape index (κ2) is 20.1. The summed E-state index contributed by atoms with van der Waals surface area (Å²) in [5.74, 6) is -5.80. The largest absolute Gasteiger partial charge is 0.490 e. The Kier molecular flexibility index (Phi) is 17.3. The normalized spacial score (nSPS) is 21.0. The number of likely N-dealkylation sites (tertiary alicyclic amines) is 1. The number of hydrogen-bond donors (Lipinski definition) is 6. The van der Waals surface area contributed by atoms with E-state index < -0.39 is 41.8 Å². The summed E-state index contributed by atoms with van der Waals surface area (Å²) in [5.41, 5.74) is 0.0215. The fourth-order valence-corrected chi connectivity index (χ4v) is 7.08. The van der Waals surface area contributed by atoms with E-state index >= 15 is 0 Å². The van der Waals surface area contributed by atoms with Gasteiger partial charge in [-0.1, -0.05) is 52.2 Å². The highest BCUT2D eigenvalue weighted by Crippen LogP contribution is 2.46. The average Bonchev–Trinajstić information content (AvgIpc) is 3.11. The van der Waals surface area contributed by atoms with Gasteiger partial charge in [-0.05, 0) is 75.5 Å². The van der Waals surface area contributed by atoms with Crippen molar-refractivity contribution >= 4 is 29.7 Å². The van der Waals surface area contributed by atoms with E-state index in [1.165, 1.54) is 18.6 Å². The Morgan fingerprint density at radius 2 is 1.30 bits per heavy atom. The molecule has 3 amide bonds. The molecule has 0 unspecified atom stereocenters. The molecule has 19 heteroatoms. The minimum absolute atomic E-state index is 0.0560. The fraction of sp³-hybridized carbons (Fsp3) is 0.711. The molecular weight excluding hydrogens is 771 g/mol. The Bertz CT molecular complexity index is 1480. The number of halogens is 7. The predicted octanol–water partition coefficient (Wildman–Crippen LogP) is 5.20. The molecule has 3 fully saturated rings. The molecule has 1 aromatic rings. The summed E-state index contributed by atoms with van der Waals surface area (Å²) in [5, 5.41) is 27.4. The number of alkyl halides is 6. The molecule has 1 saturated carbocycles. The topological polar surface area (TPSA) is 177 Å². The minimum atomic E-state index is -5.08. The maximum atomic E-state index is 14.1. The van der Waals surface area contributed by atoms with Crippen LogP contribution in [-0.2, 0) is 30.4 Å². The van der Waals surface area contributed by atoms with Crippen molar-refractivity contribution in [3.63, 3.8) is 0 Å². The van der Waals surface area contributed by atoms with E-state index in [2.05, 4.69) is 42.0 Å². The first-order valence-corrected chi connectivity index (χ1v) is 18.8. The molecule has 1 aromatic carbocycles. The number of carboxylic acid groups (broad SMARTS) is 2. The van der Waals surface area contributed by atoms with Crippen molar-refractivity contribution in [2.75, 3.05) is 26.2 Å². The Morgan fingerprint density at radius 3 is 1.70 bits per heavy atom. The van der Waals surface area contributed by atoms with Crippen LogP contribution in [0.1, 0.15) is 92.1 Å². The van der Waals surface area contributed by atoms with Crippen LogP contribution in [-0.4, -0.2) is 107 Å². The number of hydrogen-bond acceptors (Lipinski definition) is 7. The number of benzene rings is 1. The highest BCUT2D eigenvalue weighted by molar-refractivity contribution is 5.91. The lowest BCUT2D eigenvalue weighted by Gasteiger charge is -2.48. The molecule has 0 bridgehead atoms. The number of rotatable bonds is 7. The standard InChI is InChI=1S/C34H54FN5O3.2C2HF3O2/c1-32(2,3)28-22-36-27(21-37-28)29(41)38-26(20-23-12-14-25(35)15-13-23)30(42)40-18-16-34(17-19-40,24-10-8-7-9-11-24)31(43)39-33(4,5)6;2*3-2(4,5)1(6)7/h12-15,24,26-28,36-37H,7-11,16-22H2,1-6H3,(H,38,41)(H,39,43);2*(H,6,7)/t26-,27+,28+;;/m1../s1. The molecule has 0 spiro atoms. The van der Waals surface area contributed by atoms with E-state index in [0.29, 0.717) is 44.9 Å². The molecule has 0 radical (unpaired) electrons. The molecule has 2 saturated heterocycles. The van der Waals surface area contributed by atoms with Gasteiger partial charge in [-0.15, -0.1) is 0 Å². The molecule has 3 atom stereocenters. The van der Waals surface area contributed by atoms with Gasteiger partial charge in [-0.3, -0.25) is 14.4 Å². The summed E-state index contributed by atoms with van der Waals surface area (Å²) >= 11 is 0. The van der Waals surface area contributed by atoms with Crippen molar-refractivity contribution in [3.05, 3.63) is 35.6 Å². The smallest absolute Gasteiger partial charge is 0.475 e. The van der Waals surface area contributed by atoms with E-state index in [0.717, 1.165) is 31.2 Å². The van der Waals surface area contributed by atoms with Crippen LogP contribution in [0.2, 0.25) is 0 Å². The first kappa shape index (κ1) is 49.1. The van der Waals surface area contributed by atoms with Gasteiger partial charge < -0.3 is 36.4 Å². The van der Waals surface area contributed by atoms with Crippen LogP contribution in [0.25, 0.3) is 0 Å². The zero-order chi connectivity index (χ0) is 43.6. The molecule has 0 aromatic heterocycles. The zero-order valence-electron chi connectivity index (χ0n) is 33.1. The van der Waals surface area contributed by atoms with Gasteiger partial charge >= 0.3 is 24.3 Å². The number of carbonyl (C=O) groups is 5. The molecule has 57 heavy (non-hydrogen) atoms. The van der Waals surface area contributed by atoms with Crippen molar-refractivity contribution in [1.82, 2.24) is 26.2 Å². The third-order valence-electron chi connectivity index (χ3n) is 10.2. The lowest BCUT2D eigenvalue weighted by atomic mass is 9.63. The van der Waals surface area contributed by atoms with Gasteiger partial charge in [0.25, 0.3) is 0 Å². The van der Waals surface area contributed by atoms with E-state index in [4.69, 9.17) is 19.8 Å². The summed E-state index contributed by atoms with van der Waals surface area (Å²) in [6.45, 7) is 14.6. The summed E-state index contributed by atoms with van der Waals surface area (Å²) < 4.78 is 77.1. The zero-order valence-corrected chi connectivity index (χ0v) is 33.1. The highest BCUT2D eigenvalue weighted by Gasteiger charge is 2.49. The molecule has 2 aliphatic heterocycles. The van der Waals surface area contributed by atoms with Gasteiger partial charge in [0.15, 0.2) is 0 Å². The number of piperazine rings is 1. The van der Waals surface area contributed by atoms with E-state index in [9.17, 15) is 45.1 Å². The summed E-state index contributed by atoms with van der Waals surface area (Å²) in [4.78, 5) is 60.9. The fourth-order valence-electron chi connectivity index (χ4n) is 7.08. The number of amides is 3. The van der Waals surface area contributed by atoms with Gasteiger partial charge in [-0.2, -0.15) is 26.3 Å². The highest BCUT2D eigenvalue weighted by atomic mass is 19.4. The van der Waals surface area contributed by atoms with E-state index in [-0.39, 0.29) is 47.0 Å². The molecule has 12 nitrogen and oxygen atoms in total. The molecule has 2 heterocycles. The molecule has 1 aliphatic carbocycles. The van der Waals surface area contributed by atoms with Gasteiger partial charge in [0.05, 0.1) is 11.5 Å². The van der Waals surface area contributed by atoms with Crippen molar-refractivity contribution in [2.24, 2.45) is 16.7 Å². The van der Waals surface area contributed by atoms with Crippen LogP contribution in [0.4, 0.5) is 30.7 Å². The predicted molar refractivity (Wildman–Crippen MR) is 195 cm³/mol. The Labute approximate surface area is 328 Å². The van der Waals surface area contributed by atoms with E-state index in [1.54, 1.807) is 12.1 Å². The van der Waals surface area contributed by atoms with Gasteiger partial charge in [0.2, 0.25) is 17.7 Å². The Hall–Kier alpha value is -4.00. The van der Waals surface area contributed by atoms with Crippen LogP contribution < -0.4 is 21.3 Å². The van der Waals surface area contributed by atoms with Crippen LogP contribution in [0.3, 0.4) is 0 Å². The SMILES string of the molecule is CC(C)(C)NC(=O)C1(C2CCCCC2)CCN(C(=O)[C@@H](Cc2ccc(F)cc2)NC(=O)[C@@H]2CN[C@H](C(C)(C)C)CN2)CC1.O=C(O)C(F)(F)F.O=C(O)C(F)(F)F. The van der Waals surface area contributed by atoms with Gasteiger partial charge in [0, 0.05) is 44.2 Å². The second-order valence-electron chi connectivity index (χ2n) is 16.8. The van der Waals surface area contributed by atoms with Gasteiger partial charge in [0.1, 0.15) is 11.9 Å². The molecular formula is C38H56F7N5O7. The van der Waals surface area contributed by atoms with Crippen LogP contribution in [0.15, 0.2) is 24.3 Å². The summed E-state index contributed by atoms with van der Waals surface area (Å²) in [6.07, 6.45) is -3.07. The first-order chi connectivity index (χ1) is 26.1. The molecule has 324 valence electrons. The Morgan fingerprint density at radius 1 is 0.807 bits per heavy atom. The van der Waals surface area contributed by atoms with Crippen molar-refractivity contribution in [1.29, 1.82) is 0 Å². The Balaban J connectivity index is 0.000000682. The number of nitrogens with one attached hydrogen (secondary N) is 4. The lowest BCUT2D eigenvalue weighted by Crippen LogP contribution is -2.64.